The summed E-state index contributed by atoms with van der Waals surface area (Å²) < 4.78 is 1.94. The molecule has 1 saturated heterocycles. The van der Waals surface area contributed by atoms with E-state index >= 15 is 0 Å². The molecule has 1 atom stereocenters. The molecule has 0 spiro atoms. The fourth-order valence-corrected chi connectivity index (χ4v) is 3.58. The van der Waals surface area contributed by atoms with Crippen LogP contribution in [0.15, 0.2) is 36.8 Å². The molecular formula is C21H29N5O2. The van der Waals surface area contributed by atoms with Crippen LogP contribution in [0, 0.1) is 5.92 Å². The van der Waals surface area contributed by atoms with Crippen molar-refractivity contribution in [2.75, 3.05) is 13.1 Å². The first-order valence-corrected chi connectivity index (χ1v) is 9.90. The molecule has 7 nitrogen and oxygen atoms in total. The lowest BCUT2D eigenvalue weighted by Gasteiger charge is -2.36. The molecule has 0 radical (unpaired) electrons. The minimum absolute atomic E-state index is 0.0730. The second kappa shape index (κ2) is 8.99. The molecule has 0 unspecified atom stereocenters. The molecule has 0 aromatic carbocycles. The Morgan fingerprint density at radius 1 is 1.29 bits per heavy atom. The van der Waals surface area contributed by atoms with Gasteiger partial charge in [0.2, 0.25) is 11.8 Å². The number of carbonyl (C=O) groups excluding carboxylic acids is 2. The maximum Gasteiger partial charge on any atom is 0.228 e. The number of hydrogen-bond acceptors (Lipinski definition) is 4. The second-order valence-corrected chi connectivity index (χ2v) is 7.66. The molecule has 1 fully saturated rings. The highest BCUT2D eigenvalue weighted by molar-refractivity contribution is 5.84. The minimum atomic E-state index is -0.163. The zero-order chi connectivity index (χ0) is 20.1. The second-order valence-electron chi connectivity index (χ2n) is 7.66. The standard InChI is InChI=1S/C21H29N5O2/c1-16(2)26(15-19-23-11-13-24(19)3)21(28)17-7-8-20(27)25(14-17)12-9-18-6-4-5-10-22-18/h4-6,10-11,13,16-17H,7-9,12,14-15H2,1-3H3/t17-/m1/s1. The lowest BCUT2D eigenvalue weighted by atomic mass is 9.95. The van der Waals surface area contributed by atoms with Crippen molar-refractivity contribution in [3.8, 4) is 0 Å². The lowest BCUT2D eigenvalue weighted by Crippen LogP contribution is -2.49. The van der Waals surface area contributed by atoms with E-state index in [9.17, 15) is 9.59 Å². The topological polar surface area (TPSA) is 71.3 Å². The highest BCUT2D eigenvalue weighted by Crippen LogP contribution is 2.22. The SMILES string of the molecule is CC(C)N(Cc1nccn1C)C(=O)[C@@H]1CCC(=O)N(CCc2ccccn2)C1. The van der Waals surface area contributed by atoms with E-state index in [-0.39, 0.29) is 23.8 Å². The van der Waals surface area contributed by atoms with Crippen LogP contribution in [0.25, 0.3) is 0 Å². The largest absolute Gasteiger partial charge is 0.342 e. The number of pyridine rings is 1. The number of carbonyl (C=O) groups is 2. The fraction of sp³-hybridized carbons (Fsp3) is 0.524. The van der Waals surface area contributed by atoms with Crippen LogP contribution < -0.4 is 0 Å². The third kappa shape index (κ3) is 4.77. The molecule has 2 aromatic rings. The minimum Gasteiger partial charge on any atom is -0.342 e. The number of aromatic nitrogens is 3. The van der Waals surface area contributed by atoms with Gasteiger partial charge in [-0.1, -0.05) is 6.07 Å². The molecule has 3 rings (SSSR count). The van der Waals surface area contributed by atoms with Crippen LogP contribution in [0.5, 0.6) is 0 Å². The van der Waals surface area contributed by atoms with Gasteiger partial charge in [-0.05, 0) is 32.4 Å². The molecule has 2 amide bonds. The van der Waals surface area contributed by atoms with Gasteiger partial charge in [0.05, 0.1) is 12.5 Å². The first kappa shape index (κ1) is 20.0. The van der Waals surface area contributed by atoms with Crippen LogP contribution in [-0.2, 0) is 29.6 Å². The summed E-state index contributed by atoms with van der Waals surface area (Å²) in [5.41, 5.74) is 0.960. The molecular weight excluding hydrogens is 354 g/mol. The zero-order valence-electron chi connectivity index (χ0n) is 16.9. The Labute approximate surface area is 166 Å². The number of aryl methyl sites for hydroxylation is 1. The van der Waals surface area contributed by atoms with E-state index in [1.807, 2.05) is 59.7 Å². The molecule has 1 aliphatic rings. The van der Waals surface area contributed by atoms with Crippen molar-refractivity contribution in [3.05, 3.63) is 48.3 Å². The van der Waals surface area contributed by atoms with Gasteiger partial charge in [0.15, 0.2) is 0 Å². The molecule has 7 heteroatoms. The zero-order valence-corrected chi connectivity index (χ0v) is 16.9. The third-order valence-corrected chi connectivity index (χ3v) is 5.35. The Kier molecular flexibility index (Phi) is 6.44. The maximum atomic E-state index is 13.2. The maximum absolute atomic E-state index is 13.2. The average Bonchev–Trinajstić information content (AvgIpc) is 3.10. The van der Waals surface area contributed by atoms with Crippen LogP contribution in [0.2, 0.25) is 0 Å². The Bertz CT molecular complexity index is 802. The number of imidazole rings is 1. The van der Waals surface area contributed by atoms with Crippen LogP contribution in [0.3, 0.4) is 0 Å². The first-order chi connectivity index (χ1) is 13.5. The first-order valence-electron chi connectivity index (χ1n) is 9.90. The predicted octanol–water partition coefficient (Wildman–Crippen LogP) is 2.03. The molecule has 2 aromatic heterocycles. The van der Waals surface area contributed by atoms with Gasteiger partial charge in [0.25, 0.3) is 0 Å². The fourth-order valence-electron chi connectivity index (χ4n) is 3.58. The van der Waals surface area contributed by atoms with Crippen molar-refractivity contribution < 1.29 is 9.59 Å². The molecule has 0 bridgehead atoms. The average molecular weight is 383 g/mol. The summed E-state index contributed by atoms with van der Waals surface area (Å²) in [7, 11) is 1.93. The number of amides is 2. The molecule has 28 heavy (non-hydrogen) atoms. The van der Waals surface area contributed by atoms with Gasteiger partial charge in [0, 0.05) is 63.3 Å². The lowest BCUT2D eigenvalue weighted by molar-refractivity contribution is -0.144. The Morgan fingerprint density at radius 3 is 2.75 bits per heavy atom. The summed E-state index contributed by atoms with van der Waals surface area (Å²) in [4.78, 5) is 38.0. The van der Waals surface area contributed by atoms with Crippen LogP contribution in [-0.4, -0.2) is 55.3 Å². The number of nitrogens with zero attached hydrogens (tertiary/aromatic N) is 5. The van der Waals surface area contributed by atoms with E-state index in [4.69, 9.17) is 0 Å². The van der Waals surface area contributed by atoms with Crippen molar-refractivity contribution in [1.29, 1.82) is 0 Å². The summed E-state index contributed by atoms with van der Waals surface area (Å²) >= 11 is 0. The van der Waals surface area contributed by atoms with Gasteiger partial charge in [0.1, 0.15) is 5.82 Å². The van der Waals surface area contributed by atoms with E-state index in [0.717, 1.165) is 11.5 Å². The van der Waals surface area contributed by atoms with Crippen molar-refractivity contribution in [2.24, 2.45) is 13.0 Å². The highest BCUT2D eigenvalue weighted by Gasteiger charge is 2.33. The van der Waals surface area contributed by atoms with Crippen molar-refractivity contribution in [3.63, 3.8) is 0 Å². The Morgan fingerprint density at radius 2 is 2.11 bits per heavy atom. The number of hydrogen-bond donors (Lipinski definition) is 0. The highest BCUT2D eigenvalue weighted by atomic mass is 16.2. The van der Waals surface area contributed by atoms with Gasteiger partial charge in [-0.2, -0.15) is 0 Å². The van der Waals surface area contributed by atoms with E-state index < -0.39 is 0 Å². The van der Waals surface area contributed by atoms with Crippen molar-refractivity contribution in [1.82, 2.24) is 24.3 Å². The summed E-state index contributed by atoms with van der Waals surface area (Å²) in [6, 6.07) is 5.87. The van der Waals surface area contributed by atoms with E-state index in [1.54, 1.807) is 12.4 Å². The summed E-state index contributed by atoms with van der Waals surface area (Å²) in [5.74, 6) is 0.929. The normalized spacial score (nSPS) is 17.2. The predicted molar refractivity (Wildman–Crippen MR) is 106 cm³/mol. The van der Waals surface area contributed by atoms with Gasteiger partial charge >= 0.3 is 0 Å². The number of piperidine rings is 1. The molecule has 0 aliphatic carbocycles. The molecule has 0 saturated carbocycles. The monoisotopic (exact) mass is 383 g/mol. The summed E-state index contributed by atoms with van der Waals surface area (Å²) in [6.07, 6.45) is 7.13. The van der Waals surface area contributed by atoms with Crippen molar-refractivity contribution in [2.45, 2.75) is 45.7 Å². The summed E-state index contributed by atoms with van der Waals surface area (Å²) in [6.45, 7) is 5.61. The van der Waals surface area contributed by atoms with Gasteiger partial charge in [-0.15, -0.1) is 0 Å². The van der Waals surface area contributed by atoms with E-state index in [0.29, 0.717) is 38.9 Å². The molecule has 0 N–H and O–H groups in total. The van der Waals surface area contributed by atoms with Gasteiger partial charge < -0.3 is 14.4 Å². The molecule has 1 aliphatic heterocycles. The van der Waals surface area contributed by atoms with Gasteiger partial charge in [-0.3, -0.25) is 14.6 Å². The number of likely N-dealkylation sites (tertiary alicyclic amines) is 1. The quantitative estimate of drug-likeness (QED) is 0.733. The summed E-state index contributed by atoms with van der Waals surface area (Å²) in [5, 5.41) is 0. The van der Waals surface area contributed by atoms with Crippen LogP contribution in [0.4, 0.5) is 0 Å². The molecule has 150 valence electrons. The van der Waals surface area contributed by atoms with Crippen molar-refractivity contribution >= 4 is 11.8 Å². The van der Waals surface area contributed by atoms with E-state index in [2.05, 4.69) is 9.97 Å². The third-order valence-electron chi connectivity index (χ3n) is 5.35. The Balaban J connectivity index is 1.64. The van der Waals surface area contributed by atoms with E-state index in [1.165, 1.54) is 0 Å². The van der Waals surface area contributed by atoms with Crippen LogP contribution >= 0.6 is 0 Å². The van der Waals surface area contributed by atoms with Gasteiger partial charge in [-0.25, -0.2) is 4.98 Å². The number of rotatable bonds is 7. The Hall–Kier alpha value is -2.70. The smallest absolute Gasteiger partial charge is 0.228 e. The van der Waals surface area contributed by atoms with Crippen LogP contribution in [0.1, 0.15) is 38.2 Å². The molecule has 3 heterocycles.